The van der Waals surface area contributed by atoms with Crippen LogP contribution in [0.15, 0.2) is 0 Å². The molecule has 5 rings (SSSR count). The smallest absolute Gasteiger partial charge is 0.187 e. The third kappa shape index (κ3) is 9.00. The summed E-state index contributed by atoms with van der Waals surface area (Å²) in [6.07, 6.45) is -42.9. The Bertz CT molecular complexity index is 1150. The van der Waals surface area contributed by atoms with Crippen LogP contribution in [0, 0.1) is 0 Å². The van der Waals surface area contributed by atoms with E-state index in [9.17, 15) is 81.7 Å². The first-order chi connectivity index (χ1) is 25.5. The highest BCUT2D eigenvalue weighted by atomic mass is 16.8. The second kappa shape index (κ2) is 18.7. The van der Waals surface area contributed by atoms with E-state index < -0.39 is 180 Å². The van der Waals surface area contributed by atoms with Gasteiger partial charge in [0.05, 0.1) is 33.0 Å². The van der Waals surface area contributed by atoms with Crippen molar-refractivity contribution in [3.63, 3.8) is 0 Å². The number of hydrogen-bond acceptors (Lipinski definition) is 25. The zero-order valence-corrected chi connectivity index (χ0v) is 28.2. The molecule has 5 aliphatic rings. The summed E-state index contributed by atoms with van der Waals surface area (Å²) in [5.74, 6) is 0. The molecule has 5 fully saturated rings. The SMILES string of the molecule is OC[C@H]1O[C@@H](O[C@H]2[C@H](O)[C@@H](O)[C@H](O[C@H]3[C@H](O)[C@@H](O)C(O)O[C@@H]3CO)O[C@@H]2CO)[C@H](O)[C@@H](O)[C@@H]1O[C@@H]1O[C@H](CO[C@H]2OC[C@@H](O)[C@H](O)[C@H]2O)[C@@H](O)[C@H](O)[C@H]1O. The Morgan fingerprint density at radius 2 is 0.778 bits per heavy atom. The molecule has 0 amide bonds. The minimum Gasteiger partial charge on any atom is -0.394 e. The van der Waals surface area contributed by atoms with Crippen molar-refractivity contribution in [2.45, 2.75) is 147 Å². The Balaban J connectivity index is 1.21. The van der Waals surface area contributed by atoms with Crippen LogP contribution in [0.1, 0.15) is 0 Å². The summed E-state index contributed by atoms with van der Waals surface area (Å²) < 4.78 is 48.8. The molecule has 0 aromatic heterocycles. The van der Waals surface area contributed by atoms with Crippen molar-refractivity contribution in [3.8, 4) is 0 Å². The van der Waals surface area contributed by atoms with Crippen molar-refractivity contribution in [1.82, 2.24) is 0 Å². The molecule has 0 spiro atoms. The lowest BCUT2D eigenvalue weighted by Crippen LogP contribution is -2.67. The molecule has 0 aliphatic carbocycles. The van der Waals surface area contributed by atoms with E-state index in [1.165, 1.54) is 0 Å². The summed E-state index contributed by atoms with van der Waals surface area (Å²) in [6, 6.07) is 0. The van der Waals surface area contributed by atoms with Crippen molar-refractivity contribution >= 4 is 0 Å². The van der Waals surface area contributed by atoms with Gasteiger partial charge in [0.1, 0.15) is 116 Å². The number of rotatable bonds is 12. The lowest BCUT2D eigenvalue weighted by Gasteiger charge is -2.49. The van der Waals surface area contributed by atoms with Crippen LogP contribution in [0.4, 0.5) is 0 Å². The standard InChI is InChI=1S/C29H50O25/c30-1-7-22(14(37)17(40)25(45)48-7)52-28-20(43)16(39)24(9(3-32)49-28)54-29-21(44)15(38)23(8(2-31)50-29)53-27-19(42)13(36)12(35)10(51-27)5-47-26-18(41)11(34)6(33)4-46-26/h6-45H,1-5H2/t6-,7-,8-,9-,10-,11+,12-,13+,14-,15-,16-,17-,18-,19-,20-,21-,22-,23-,24-,25?,26-,27+,28+,29+/m1/s1. The van der Waals surface area contributed by atoms with E-state index >= 15 is 0 Å². The van der Waals surface area contributed by atoms with Crippen LogP contribution in [0.25, 0.3) is 0 Å². The average molecular weight is 799 g/mol. The fourth-order valence-electron chi connectivity index (χ4n) is 6.65. The molecule has 0 aromatic rings. The minimum atomic E-state index is -2.09. The molecule has 5 heterocycles. The van der Waals surface area contributed by atoms with Crippen LogP contribution in [0.5, 0.6) is 0 Å². The van der Waals surface area contributed by atoms with E-state index in [4.69, 9.17) is 42.6 Å². The molecular formula is C29H50O25. The zero-order chi connectivity index (χ0) is 39.8. The Kier molecular flexibility index (Phi) is 15.3. The van der Waals surface area contributed by atoms with Gasteiger partial charge >= 0.3 is 0 Å². The number of aliphatic hydroxyl groups is 16. The van der Waals surface area contributed by atoms with Crippen LogP contribution in [-0.2, 0) is 42.6 Å². The number of ether oxygens (including phenoxy) is 9. The first-order valence-electron chi connectivity index (χ1n) is 17.0. The lowest BCUT2D eigenvalue weighted by atomic mass is 9.95. The van der Waals surface area contributed by atoms with Gasteiger partial charge in [-0.25, -0.2) is 0 Å². The minimum absolute atomic E-state index is 0.409. The van der Waals surface area contributed by atoms with Gasteiger partial charge in [0.25, 0.3) is 0 Å². The van der Waals surface area contributed by atoms with Gasteiger partial charge < -0.3 is 124 Å². The van der Waals surface area contributed by atoms with Crippen LogP contribution in [0.2, 0.25) is 0 Å². The van der Waals surface area contributed by atoms with Crippen molar-refractivity contribution in [2.24, 2.45) is 0 Å². The Morgan fingerprint density at radius 1 is 0.389 bits per heavy atom. The molecule has 0 aromatic carbocycles. The third-order valence-corrected chi connectivity index (χ3v) is 9.90. The number of hydrogen-bond donors (Lipinski definition) is 16. The van der Waals surface area contributed by atoms with Crippen LogP contribution in [-0.4, -0.2) is 262 Å². The first-order valence-corrected chi connectivity index (χ1v) is 17.0. The normalized spacial score (nSPS) is 53.3. The van der Waals surface area contributed by atoms with Gasteiger partial charge in [0.15, 0.2) is 31.5 Å². The van der Waals surface area contributed by atoms with E-state index in [-0.39, 0.29) is 0 Å². The van der Waals surface area contributed by atoms with E-state index in [0.717, 1.165) is 0 Å². The molecule has 0 radical (unpaired) electrons. The highest BCUT2D eigenvalue weighted by molar-refractivity contribution is 4.98. The van der Waals surface area contributed by atoms with Crippen LogP contribution < -0.4 is 0 Å². The topological polar surface area (TPSA) is 407 Å². The molecule has 316 valence electrons. The third-order valence-electron chi connectivity index (χ3n) is 9.90. The Morgan fingerprint density at radius 3 is 1.24 bits per heavy atom. The predicted molar refractivity (Wildman–Crippen MR) is 161 cm³/mol. The fourth-order valence-corrected chi connectivity index (χ4v) is 6.65. The second-order valence-corrected chi connectivity index (χ2v) is 13.5. The van der Waals surface area contributed by atoms with Gasteiger partial charge in [0.2, 0.25) is 0 Å². The zero-order valence-electron chi connectivity index (χ0n) is 28.2. The van der Waals surface area contributed by atoms with Crippen molar-refractivity contribution in [3.05, 3.63) is 0 Å². The summed E-state index contributed by atoms with van der Waals surface area (Å²) >= 11 is 0. The van der Waals surface area contributed by atoms with Gasteiger partial charge in [-0.15, -0.1) is 0 Å². The Labute approximate surface area is 305 Å². The molecule has 1 unspecified atom stereocenters. The molecule has 0 bridgehead atoms. The maximum absolute atomic E-state index is 11.1. The summed E-state index contributed by atoms with van der Waals surface area (Å²) in [5, 5.41) is 165. The monoisotopic (exact) mass is 798 g/mol. The van der Waals surface area contributed by atoms with Gasteiger partial charge in [-0.3, -0.25) is 0 Å². The largest absolute Gasteiger partial charge is 0.394 e. The highest BCUT2D eigenvalue weighted by Crippen LogP contribution is 2.34. The van der Waals surface area contributed by atoms with Gasteiger partial charge in [-0.2, -0.15) is 0 Å². The summed E-state index contributed by atoms with van der Waals surface area (Å²) in [6.45, 7) is -3.77. The molecule has 25 heteroatoms. The highest BCUT2D eigenvalue weighted by Gasteiger charge is 2.55. The Hall–Kier alpha value is -1.00. The molecule has 24 atom stereocenters. The van der Waals surface area contributed by atoms with E-state index in [1.807, 2.05) is 0 Å². The molecule has 0 saturated carbocycles. The average Bonchev–Trinajstić information content (AvgIpc) is 3.16. The van der Waals surface area contributed by atoms with Crippen molar-refractivity contribution in [1.29, 1.82) is 0 Å². The van der Waals surface area contributed by atoms with Crippen molar-refractivity contribution < 1.29 is 124 Å². The van der Waals surface area contributed by atoms with E-state index in [1.54, 1.807) is 0 Å². The van der Waals surface area contributed by atoms with Crippen LogP contribution in [0.3, 0.4) is 0 Å². The van der Waals surface area contributed by atoms with Gasteiger partial charge in [0, 0.05) is 0 Å². The first kappa shape index (κ1) is 44.1. The van der Waals surface area contributed by atoms with Gasteiger partial charge in [-0.1, -0.05) is 0 Å². The fraction of sp³-hybridized carbons (Fsp3) is 1.00. The molecule has 5 aliphatic heterocycles. The maximum atomic E-state index is 11.1. The number of aliphatic hydroxyl groups excluding tert-OH is 16. The van der Waals surface area contributed by atoms with E-state index in [2.05, 4.69) is 0 Å². The van der Waals surface area contributed by atoms with Crippen LogP contribution >= 0.6 is 0 Å². The molecule has 54 heavy (non-hydrogen) atoms. The lowest BCUT2D eigenvalue weighted by molar-refractivity contribution is -0.388. The maximum Gasteiger partial charge on any atom is 0.187 e. The summed E-state index contributed by atoms with van der Waals surface area (Å²) in [4.78, 5) is 0. The summed E-state index contributed by atoms with van der Waals surface area (Å²) in [5.41, 5.74) is 0. The molecule has 16 N–H and O–H groups in total. The molecule has 25 nitrogen and oxygen atoms in total. The van der Waals surface area contributed by atoms with Crippen molar-refractivity contribution in [2.75, 3.05) is 33.0 Å². The van der Waals surface area contributed by atoms with Gasteiger partial charge in [-0.05, 0) is 0 Å². The van der Waals surface area contributed by atoms with E-state index in [0.29, 0.717) is 0 Å². The quantitative estimate of drug-likeness (QED) is 0.0871. The molecule has 5 saturated heterocycles. The molecular weight excluding hydrogens is 748 g/mol. The summed E-state index contributed by atoms with van der Waals surface area (Å²) in [7, 11) is 0. The second-order valence-electron chi connectivity index (χ2n) is 13.5. The predicted octanol–water partition coefficient (Wildman–Crippen LogP) is -11.3.